The van der Waals surface area contributed by atoms with Crippen molar-refractivity contribution in [2.75, 3.05) is 5.32 Å². The molecule has 0 fully saturated rings. The van der Waals surface area contributed by atoms with Crippen molar-refractivity contribution in [3.8, 4) is 0 Å². The van der Waals surface area contributed by atoms with E-state index in [9.17, 15) is 13.2 Å². The Labute approximate surface area is 123 Å². The molecule has 0 bridgehead atoms. The Morgan fingerprint density at radius 3 is 2.15 bits per heavy atom. The van der Waals surface area contributed by atoms with Crippen LogP contribution in [0.25, 0.3) is 0 Å². The summed E-state index contributed by atoms with van der Waals surface area (Å²) in [7, 11) is 0. The fourth-order valence-corrected chi connectivity index (χ4v) is 2.33. The molecule has 5 heteroatoms. The molecule has 0 spiro atoms. The monoisotopic (exact) mass is 343 g/mol. The molecule has 0 heterocycles. The van der Waals surface area contributed by atoms with Crippen molar-refractivity contribution in [3.63, 3.8) is 0 Å². The van der Waals surface area contributed by atoms with Gasteiger partial charge in [-0.05, 0) is 33.6 Å². The molecular formula is C15H13BrF3N. The van der Waals surface area contributed by atoms with Crippen LogP contribution < -0.4 is 5.32 Å². The summed E-state index contributed by atoms with van der Waals surface area (Å²) in [5.41, 5.74) is 1.26. The Bertz CT molecular complexity index is 555. The minimum Gasteiger partial charge on any atom is -0.377 e. The predicted molar refractivity (Wildman–Crippen MR) is 77.6 cm³/mol. The topological polar surface area (TPSA) is 12.0 Å². The first kappa shape index (κ1) is 14.9. The predicted octanol–water partition coefficient (Wildman–Crippen LogP) is 5.55. The van der Waals surface area contributed by atoms with Crippen molar-refractivity contribution in [1.82, 2.24) is 0 Å². The highest BCUT2D eigenvalue weighted by Crippen LogP contribution is 2.34. The number of benzene rings is 2. The maximum absolute atomic E-state index is 12.7. The Balaban J connectivity index is 2.26. The average Bonchev–Trinajstić information content (AvgIpc) is 2.40. The van der Waals surface area contributed by atoms with E-state index in [2.05, 4.69) is 21.2 Å². The second-order valence-electron chi connectivity index (χ2n) is 4.41. The molecule has 2 aromatic carbocycles. The van der Waals surface area contributed by atoms with E-state index >= 15 is 0 Å². The molecule has 20 heavy (non-hydrogen) atoms. The third-order valence-electron chi connectivity index (χ3n) is 2.84. The van der Waals surface area contributed by atoms with Crippen molar-refractivity contribution < 1.29 is 13.2 Å². The summed E-state index contributed by atoms with van der Waals surface area (Å²) in [5.74, 6) is 0. The van der Waals surface area contributed by atoms with Crippen LogP contribution in [0.2, 0.25) is 0 Å². The van der Waals surface area contributed by atoms with Gasteiger partial charge in [0.15, 0.2) is 0 Å². The molecular weight excluding hydrogens is 331 g/mol. The number of hydrogen-bond acceptors (Lipinski definition) is 1. The zero-order valence-electron chi connectivity index (χ0n) is 10.5. The van der Waals surface area contributed by atoms with Gasteiger partial charge in [-0.2, -0.15) is 13.2 Å². The molecule has 2 rings (SSSR count). The number of hydrogen-bond donors (Lipinski definition) is 1. The van der Waals surface area contributed by atoms with Gasteiger partial charge in [-0.1, -0.05) is 42.5 Å². The zero-order chi connectivity index (χ0) is 14.6. The smallest absolute Gasteiger partial charge is 0.377 e. The molecule has 0 amide bonds. The van der Waals surface area contributed by atoms with E-state index in [1.54, 1.807) is 48.5 Å². The second-order valence-corrected chi connectivity index (χ2v) is 5.26. The molecule has 1 unspecified atom stereocenters. The Hall–Kier alpha value is -1.49. The lowest BCUT2D eigenvalue weighted by molar-refractivity contribution is -0.137. The molecule has 2 aromatic rings. The Morgan fingerprint density at radius 2 is 1.55 bits per heavy atom. The number of nitrogens with one attached hydrogen (secondary N) is 1. The molecule has 0 aliphatic carbocycles. The first-order valence-electron chi connectivity index (χ1n) is 6.08. The minimum absolute atomic E-state index is 0.612. The van der Waals surface area contributed by atoms with Crippen LogP contribution in [-0.4, -0.2) is 6.18 Å². The van der Waals surface area contributed by atoms with E-state index in [-0.39, 0.29) is 0 Å². The largest absolute Gasteiger partial charge is 0.391 e. The van der Waals surface area contributed by atoms with Crippen LogP contribution in [0.3, 0.4) is 0 Å². The Morgan fingerprint density at radius 1 is 0.950 bits per heavy atom. The molecule has 0 aliphatic heterocycles. The van der Waals surface area contributed by atoms with Crippen LogP contribution in [0.5, 0.6) is 0 Å². The van der Waals surface area contributed by atoms with Crippen molar-refractivity contribution in [2.45, 2.75) is 18.6 Å². The van der Waals surface area contributed by atoms with E-state index in [0.717, 1.165) is 4.47 Å². The van der Waals surface area contributed by atoms with Crippen LogP contribution in [0.1, 0.15) is 18.0 Å². The lowest BCUT2D eigenvalue weighted by Gasteiger charge is -2.22. The maximum atomic E-state index is 12.7. The third-order valence-corrected chi connectivity index (χ3v) is 3.53. The van der Waals surface area contributed by atoms with E-state index in [4.69, 9.17) is 0 Å². The summed E-state index contributed by atoms with van der Waals surface area (Å²) in [6, 6.07) is 15.0. The molecule has 0 radical (unpaired) electrons. The van der Waals surface area contributed by atoms with Gasteiger partial charge in [0.05, 0.1) is 12.5 Å². The molecule has 0 saturated heterocycles. The number of halogens is 4. The van der Waals surface area contributed by atoms with Crippen molar-refractivity contribution in [1.29, 1.82) is 0 Å². The van der Waals surface area contributed by atoms with Gasteiger partial charge in [-0.25, -0.2) is 0 Å². The molecule has 1 atom stereocenters. The SMILES string of the molecule is FC(F)(F)CC(Nc1ccccc1Br)c1ccccc1. The van der Waals surface area contributed by atoms with Gasteiger partial charge in [-0.15, -0.1) is 0 Å². The van der Waals surface area contributed by atoms with Crippen LogP contribution in [-0.2, 0) is 0 Å². The summed E-state index contributed by atoms with van der Waals surface area (Å²) in [6.07, 6.45) is -5.15. The van der Waals surface area contributed by atoms with Crippen LogP contribution in [0.4, 0.5) is 18.9 Å². The van der Waals surface area contributed by atoms with Crippen LogP contribution >= 0.6 is 15.9 Å². The highest BCUT2D eigenvalue weighted by atomic mass is 79.9. The molecule has 1 nitrogen and oxygen atoms in total. The highest BCUT2D eigenvalue weighted by Gasteiger charge is 2.32. The summed E-state index contributed by atoms with van der Waals surface area (Å²) >= 11 is 3.33. The second kappa shape index (κ2) is 6.31. The fourth-order valence-electron chi connectivity index (χ4n) is 1.93. The molecule has 1 N–H and O–H groups in total. The van der Waals surface area contributed by atoms with Gasteiger partial charge in [0.1, 0.15) is 0 Å². The molecule has 0 aromatic heterocycles. The number of rotatable bonds is 4. The standard InChI is InChI=1S/C15H13BrF3N/c16-12-8-4-5-9-13(12)20-14(10-15(17,18)19)11-6-2-1-3-7-11/h1-9,14,20H,10H2. The van der Waals surface area contributed by atoms with E-state index in [1.807, 2.05) is 6.07 Å². The van der Waals surface area contributed by atoms with Crippen molar-refractivity contribution >= 4 is 21.6 Å². The van der Waals surface area contributed by atoms with Gasteiger partial charge in [0.25, 0.3) is 0 Å². The normalized spacial score (nSPS) is 13.0. The zero-order valence-corrected chi connectivity index (χ0v) is 12.1. The summed E-state index contributed by atoms with van der Waals surface area (Å²) in [4.78, 5) is 0. The fraction of sp³-hybridized carbons (Fsp3) is 0.200. The summed E-state index contributed by atoms with van der Waals surface area (Å²) < 4.78 is 39.0. The Kier molecular flexibility index (Phi) is 4.70. The molecule has 106 valence electrons. The van der Waals surface area contributed by atoms with Gasteiger partial charge in [0, 0.05) is 10.2 Å². The van der Waals surface area contributed by atoms with E-state index in [1.165, 1.54) is 0 Å². The van der Waals surface area contributed by atoms with Crippen molar-refractivity contribution in [2.24, 2.45) is 0 Å². The van der Waals surface area contributed by atoms with Gasteiger partial charge in [-0.3, -0.25) is 0 Å². The first-order valence-corrected chi connectivity index (χ1v) is 6.88. The average molecular weight is 344 g/mol. The number of alkyl halides is 3. The maximum Gasteiger partial charge on any atom is 0.391 e. The third kappa shape index (κ3) is 4.27. The number of para-hydroxylation sites is 1. The minimum atomic E-state index is -4.23. The van der Waals surface area contributed by atoms with Gasteiger partial charge in [0.2, 0.25) is 0 Å². The van der Waals surface area contributed by atoms with Gasteiger partial charge < -0.3 is 5.32 Å². The van der Waals surface area contributed by atoms with E-state index in [0.29, 0.717) is 11.3 Å². The van der Waals surface area contributed by atoms with Crippen molar-refractivity contribution in [3.05, 3.63) is 64.6 Å². The summed E-state index contributed by atoms with van der Waals surface area (Å²) in [5, 5.41) is 2.95. The molecule has 0 aliphatic rings. The lowest BCUT2D eigenvalue weighted by Crippen LogP contribution is -2.20. The molecule has 0 saturated carbocycles. The van der Waals surface area contributed by atoms with Crippen LogP contribution in [0.15, 0.2) is 59.1 Å². The highest BCUT2D eigenvalue weighted by molar-refractivity contribution is 9.10. The first-order chi connectivity index (χ1) is 9.46. The van der Waals surface area contributed by atoms with Crippen LogP contribution in [0, 0.1) is 0 Å². The summed E-state index contributed by atoms with van der Waals surface area (Å²) in [6.45, 7) is 0. The lowest BCUT2D eigenvalue weighted by atomic mass is 10.0. The quantitative estimate of drug-likeness (QED) is 0.766. The van der Waals surface area contributed by atoms with E-state index < -0.39 is 18.6 Å². The van der Waals surface area contributed by atoms with Gasteiger partial charge >= 0.3 is 6.18 Å². The number of anilines is 1.